The Kier molecular flexibility index (Phi) is 4.99. The zero-order valence-electron chi connectivity index (χ0n) is 13.0. The second-order valence-corrected chi connectivity index (χ2v) is 5.06. The summed E-state index contributed by atoms with van der Waals surface area (Å²) in [7, 11) is 0. The zero-order valence-corrected chi connectivity index (χ0v) is 13.0. The molecule has 0 aliphatic carbocycles. The molecule has 0 N–H and O–H groups in total. The molecule has 4 nitrogen and oxygen atoms in total. The minimum atomic E-state index is -0.762. The number of halogens is 2. The smallest absolute Gasteiger partial charge is 0.331 e. The van der Waals surface area contributed by atoms with Gasteiger partial charge in [-0.2, -0.15) is 0 Å². The van der Waals surface area contributed by atoms with Gasteiger partial charge in [0.25, 0.3) is 0 Å². The molecule has 3 rings (SSSR count). The van der Waals surface area contributed by atoms with Crippen molar-refractivity contribution in [1.29, 1.82) is 0 Å². The Morgan fingerprint density at radius 3 is 2.52 bits per heavy atom. The monoisotopic (exact) mass is 341 g/mol. The van der Waals surface area contributed by atoms with Crippen LogP contribution in [-0.4, -0.2) is 11.0 Å². The summed E-state index contributed by atoms with van der Waals surface area (Å²) in [5, 5.41) is 0. The van der Waals surface area contributed by atoms with Gasteiger partial charge in [0.05, 0.1) is 6.20 Å². The first-order chi connectivity index (χ1) is 12.1. The third-order valence-corrected chi connectivity index (χ3v) is 3.34. The maximum atomic E-state index is 13.4. The topological polar surface area (TPSA) is 52.3 Å². The van der Waals surface area contributed by atoms with Crippen molar-refractivity contribution in [3.63, 3.8) is 0 Å². The van der Waals surface area contributed by atoms with Gasteiger partial charge in [-0.15, -0.1) is 0 Å². The molecule has 0 unspecified atom stereocenters. The van der Waals surface area contributed by atoms with Crippen LogP contribution in [0.2, 0.25) is 0 Å². The highest BCUT2D eigenvalue weighted by atomic mass is 19.1. The van der Waals surface area contributed by atoms with Crippen molar-refractivity contribution in [3.05, 3.63) is 83.9 Å². The van der Waals surface area contributed by atoms with Crippen molar-refractivity contribution in [2.45, 2.75) is 6.61 Å². The van der Waals surface area contributed by atoms with Crippen LogP contribution in [0.3, 0.4) is 0 Å². The maximum absolute atomic E-state index is 13.4. The number of aromatic nitrogens is 1. The second-order valence-electron chi connectivity index (χ2n) is 5.06. The van der Waals surface area contributed by atoms with Crippen molar-refractivity contribution >= 4 is 12.0 Å². The normalized spacial score (nSPS) is 11.0. The Morgan fingerprint density at radius 1 is 1.08 bits per heavy atom. The largest absolute Gasteiger partial charge is 0.453 e. The van der Waals surface area contributed by atoms with Gasteiger partial charge in [-0.25, -0.2) is 18.6 Å². The van der Waals surface area contributed by atoms with Gasteiger partial charge < -0.3 is 9.15 Å². The van der Waals surface area contributed by atoms with E-state index in [2.05, 4.69) is 4.98 Å². The van der Waals surface area contributed by atoms with Crippen LogP contribution in [-0.2, 0) is 16.1 Å². The molecule has 0 saturated carbocycles. The summed E-state index contributed by atoms with van der Waals surface area (Å²) >= 11 is 0. The third kappa shape index (κ3) is 4.17. The molecule has 1 aromatic heterocycles. The molecule has 126 valence electrons. The van der Waals surface area contributed by atoms with E-state index in [0.717, 1.165) is 29.8 Å². The number of oxazole rings is 1. The van der Waals surface area contributed by atoms with Crippen LogP contribution in [0.5, 0.6) is 0 Å². The van der Waals surface area contributed by atoms with E-state index in [-0.39, 0.29) is 18.1 Å². The number of hydrogen-bond donors (Lipinski definition) is 0. The van der Waals surface area contributed by atoms with Crippen molar-refractivity contribution in [1.82, 2.24) is 4.98 Å². The quantitative estimate of drug-likeness (QED) is 0.511. The van der Waals surface area contributed by atoms with Crippen molar-refractivity contribution in [2.24, 2.45) is 0 Å². The fourth-order valence-electron chi connectivity index (χ4n) is 2.12. The molecule has 0 spiro atoms. The van der Waals surface area contributed by atoms with Crippen LogP contribution < -0.4 is 0 Å². The van der Waals surface area contributed by atoms with Crippen molar-refractivity contribution in [3.8, 4) is 11.3 Å². The standard InChI is InChI=1S/C19H13F2NO3/c20-15-7-4-8-16(21)14(15)9-10-19(23)24-12-18-22-11-17(25-18)13-5-2-1-3-6-13/h1-11H,12H2. The van der Waals surface area contributed by atoms with Gasteiger partial charge in [-0.3, -0.25) is 0 Å². The van der Waals surface area contributed by atoms with Crippen LogP contribution in [0.15, 0.2) is 65.2 Å². The summed E-state index contributed by atoms with van der Waals surface area (Å²) in [5.74, 6) is -1.51. The van der Waals surface area contributed by atoms with E-state index in [1.165, 1.54) is 12.3 Å². The molecule has 3 aromatic rings. The lowest BCUT2D eigenvalue weighted by atomic mass is 10.2. The Balaban J connectivity index is 1.60. The molecule has 0 saturated heterocycles. The van der Waals surface area contributed by atoms with Crippen molar-refractivity contribution < 1.29 is 22.7 Å². The van der Waals surface area contributed by atoms with Crippen molar-refractivity contribution in [2.75, 3.05) is 0 Å². The number of ether oxygens (including phenoxy) is 1. The number of nitrogens with zero attached hydrogens (tertiary/aromatic N) is 1. The molecule has 0 aliphatic rings. The zero-order chi connectivity index (χ0) is 17.6. The third-order valence-electron chi connectivity index (χ3n) is 3.34. The van der Waals surface area contributed by atoms with E-state index in [1.54, 1.807) is 0 Å². The highest BCUT2D eigenvalue weighted by Crippen LogP contribution is 2.20. The first-order valence-electron chi connectivity index (χ1n) is 7.42. The maximum Gasteiger partial charge on any atom is 0.331 e. The molecule has 0 radical (unpaired) electrons. The summed E-state index contributed by atoms with van der Waals surface area (Å²) in [6.07, 6.45) is 3.50. The van der Waals surface area contributed by atoms with E-state index >= 15 is 0 Å². The highest BCUT2D eigenvalue weighted by Gasteiger charge is 2.09. The SMILES string of the molecule is O=C(C=Cc1c(F)cccc1F)OCc1ncc(-c2ccccc2)o1. The lowest BCUT2D eigenvalue weighted by Gasteiger charge is -2.00. The Labute approximate surface area is 142 Å². The minimum absolute atomic E-state index is 0.185. The van der Waals surface area contributed by atoms with Gasteiger partial charge >= 0.3 is 5.97 Å². The van der Waals surface area contributed by atoms with Gasteiger partial charge in [0.1, 0.15) is 11.6 Å². The minimum Gasteiger partial charge on any atom is -0.453 e. The van der Waals surface area contributed by atoms with E-state index < -0.39 is 17.6 Å². The highest BCUT2D eigenvalue weighted by molar-refractivity contribution is 5.87. The van der Waals surface area contributed by atoms with Crippen LogP contribution in [0.25, 0.3) is 17.4 Å². The number of carbonyl (C=O) groups is 1. The molecular weight excluding hydrogens is 328 g/mol. The molecule has 0 fully saturated rings. The van der Waals surface area contributed by atoms with E-state index in [0.29, 0.717) is 5.76 Å². The fourth-order valence-corrected chi connectivity index (χ4v) is 2.12. The van der Waals surface area contributed by atoms with E-state index in [4.69, 9.17) is 9.15 Å². The van der Waals surface area contributed by atoms with Crippen LogP contribution in [0, 0.1) is 11.6 Å². The van der Waals surface area contributed by atoms with Gasteiger partial charge in [-0.1, -0.05) is 36.4 Å². The predicted molar refractivity (Wildman–Crippen MR) is 87.1 cm³/mol. The summed E-state index contributed by atoms with van der Waals surface area (Å²) in [6, 6.07) is 12.8. The molecule has 0 atom stereocenters. The van der Waals surface area contributed by atoms with Gasteiger partial charge in [0.15, 0.2) is 12.4 Å². The number of hydrogen-bond acceptors (Lipinski definition) is 4. The molecular formula is C19H13F2NO3. The van der Waals surface area contributed by atoms with Crippen LogP contribution in [0.1, 0.15) is 11.5 Å². The average molecular weight is 341 g/mol. The van der Waals surface area contributed by atoms with Gasteiger partial charge in [0.2, 0.25) is 5.89 Å². The summed E-state index contributed by atoms with van der Waals surface area (Å²) < 4.78 is 37.3. The number of carbonyl (C=O) groups excluding carboxylic acids is 1. The molecule has 0 aliphatic heterocycles. The summed E-state index contributed by atoms with van der Waals surface area (Å²) in [6.45, 7) is -0.185. The van der Waals surface area contributed by atoms with Crippen LogP contribution in [0.4, 0.5) is 8.78 Å². The molecule has 6 heteroatoms. The first-order valence-corrected chi connectivity index (χ1v) is 7.42. The average Bonchev–Trinajstić information content (AvgIpc) is 3.09. The van der Waals surface area contributed by atoms with Gasteiger partial charge in [0, 0.05) is 17.2 Å². The lowest BCUT2D eigenvalue weighted by Crippen LogP contribution is -2.01. The molecule has 0 amide bonds. The predicted octanol–water partition coefficient (Wildman–Crippen LogP) is 4.38. The summed E-state index contributed by atoms with van der Waals surface area (Å²) in [4.78, 5) is 15.7. The molecule has 0 bridgehead atoms. The fraction of sp³-hybridized carbons (Fsp3) is 0.0526. The molecule has 2 aromatic carbocycles. The Bertz CT molecular complexity index is 884. The second kappa shape index (κ2) is 7.53. The number of esters is 1. The first kappa shape index (κ1) is 16.6. The van der Waals surface area contributed by atoms with E-state index in [9.17, 15) is 13.6 Å². The Morgan fingerprint density at radius 2 is 1.80 bits per heavy atom. The molecule has 1 heterocycles. The summed E-state index contributed by atoms with van der Waals surface area (Å²) in [5.41, 5.74) is 0.546. The lowest BCUT2D eigenvalue weighted by molar-refractivity contribution is -0.139. The van der Waals surface area contributed by atoms with Gasteiger partial charge in [-0.05, 0) is 18.2 Å². The van der Waals surface area contributed by atoms with Crippen LogP contribution >= 0.6 is 0 Å². The molecule has 25 heavy (non-hydrogen) atoms. The number of rotatable bonds is 5. The number of benzene rings is 2. The van der Waals surface area contributed by atoms with E-state index in [1.807, 2.05) is 30.3 Å². The Hall–Kier alpha value is -3.28.